The Hall–Kier alpha value is -6.94. The van der Waals surface area contributed by atoms with Crippen molar-refractivity contribution < 1.29 is 57.6 Å². The summed E-state index contributed by atoms with van der Waals surface area (Å²) in [5.74, 6) is -1.81. The smallest absolute Gasteiger partial charge is 0.456 e. The number of aliphatic imine (C=N–C) groups is 1. The Kier molecular flexibility index (Phi) is 14.1. The molecule has 3 aliphatic rings. The molecule has 0 aliphatic carbocycles. The van der Waals surface area contributed by atoms with E-state index in [1.807, 2.05) is 11.8 Å². The van der Waals surface area contributed by atoms with Gasteiger partial charge >= 0.3 is 18.2 Å². The third-order valence-electron chi connectivity index (χ3n) is 10.3. The molecule has 0 bridgehead atoms. The molecule has 62 heavy (non-hydrogen) atoms. The summed E-state index contributed by atoms with van der Waals surface area (Å²) >= 11 is 1.42. The summed E-state index contributed by atoms with van der Waals surface area (Å²) in [7, 11) is 0. The Labute approximate surface area is 357 Å². The van der Waals surface area contributed by atoms with Gasteiger partial charge in [-0.05, 0) is 73.0 Å². The number of hydrogen-bond acceptors (Lipinski definition) is 16. The summed E-state index contributed by atoms with van der Waals surface area (Å²) in [5, 5.41) is 32.2. The summed E-state index contributed by atoms with van der Waals surface area (Å²) in [6, 6.07) is 15.8. The van der Waals surface area contributed by atoms with Gasteiger partial charge in [-0.1, -0.05) is 6.92 Å². The molecule has 6 rings (SSSR count). The highest BCUT2D eigenvalue weighted by Gasteiger charge is 2.60. The molecule has 2 saturated heterocycles. The molecule has 0 aromatic heterocycles. The van der Waals surface area contributed by atoms with Gasteiger partial charge in [0.15, 0.2) is 0 Å². The monoisotopic (exact) mass is 876 g/mol. The van der Waals surface area contributed by atoms with Crippen molar-refractivity contribution in [2.24, 2.45) is 10.9 Å². The second-order valence-corrected chi connectivity index (χ2v) is 15.9. The zero-order chi connectivity index (χ0) is 44.7. The van der Waals surface area contributed by atoms with Gasteiger partial charge in [0.2, 0.25) is 5.91 Å². The van der Waals surface area contributed by atoms with E-state index in [-0.39, 0.29) is 47.8 Å². The maximum atomic E-state index is 13.7. The highest BCUT2D eigenvalue weighted by molar-refractivity contribution is 8.00. The minimum absolute atomic E-state index is 0.0165. The first-order chi connectivity index (χ1) is 29.6. The summed E-state index contributed by atoms with van der Waals surface area (Å²) in [6.07, 6.45) is -1.71. The van der Waals surface area contributed by atoms with E-state index >= 15 is 0 Å². The van der Waals surface area contributed by atoms with Crippen molar-refractivity contribution in [3.8, 4) is 0 Å². The molecule has 2 fully saturated rings. The summed E-state index contributed by atoms with van der Waals surface area (Å²) in [6.45, 7) is 5.55. The van der Waals surface area contributed by atoms with Gasteiger partial charge < -0.3 is 33.5 Å². The highest BCUT2D eigenvalue weighted by Crippen LogP contribution is 2.47. The van der Waals surface area contributed by atoms with Gasteiger partial charge in [0.1, 0.15) is 37.5 Å². The maximum absolute atomic E-state index is 13.7. The van der Waals surface area contributed by atoms with Crippen LogP contribution in [0.15, 0.2) is 89.6 Å². The van der Waals surface area contributed by atoms with Crippen molar-refractivity contribution in [2.75, 3.05) is 19.7 Å². The Morgan fingerprint density at radius 3 is 1.82 bits per heavy atom. The number of ether oxygens (including phenoxy) is 5. The number of benzene rings is 3. The van der Waals surface area contributed by atoms with Gasteiger partial charge in [-0.15, -0.1) is 11.8 Å². The lowest BCUT2D eigenvalue weighted by atomic mass is 9.83. The van der Waals surface area contributed by atoms with Crippen molar-refractivity contribution in [1.82, 2.24) is 9.80 Å². The SMILES string of the molecule is C/C(=N/C(=O)OCc1ccc([N+](=O)[O-])cc1)N1CCOC(C(C)SC2C=C(C(=O)OCc3ccc([N+](=O)[O-])cc3)N3C(=O)C(C(C)OC(=O)OCc4ccc([N+](=O)[O-])cc4)[C@@H]23)C1. The molecule has 3 heterocycles. The Morgan fingerprint density at radius 2 is 1.31 bits per heavy atom. The van der Waals surface area contributed by atoms with Crippen molar-refractivity contribution >= 4 is 58.8 Å². The van der Waals surface area contributed by atoms with Crippen LogP contribution < -0.4 is 0 Å². The quantitative estimate of drug-likeness (QED) is 0.0329. The number of carbonyl (C=O) groups excluding carboxylic acids is 4. The Balaban J connectivity index is 1.10. The number of hydrogen-bond donors (Lipinski definition) is 0. The normalized spacial score (nSPS) is 20.5. The van der Waals surface area contributed by atoms with Crippen LogP contribution in [0.5, 0.6) is 0 Å². The van der Waals surface area contributed by atoms with Gasteiger partial charge in [-0.2, -0.15) is 4.99 Å². The number of morpholine rings is 1. The molecule has 21 nitrogen and oxygen atoms in total. The number of amidine groups is 1. The first-order valence-corrected chi connectivity index (χ1v) is 20.0. The number of amides is 2. The third-order valence-corrected chi connectivity index (χ3v) is 11.8. The lowest BCUT2D eigenvalue weighted by molar-refractivity contribution is -0.385. The molecule has 0 N–H and O–H groups in total. The average Bonchev–Trinajstić information content (AvgIpc) is 3.57. The van der Waals surface area contributed by atoms with Crippen LogP contribution in [-0.4, -0.2) is 103 Å². The van der Waals surface area contributed by atoms with E-state index in [9.17, 15) is 49.5 Å². The number of thioether (sulfide) groups is 1. The average molecular weight is 877 g/mol. The fourth-order valence-corrected chi connectivity index (χ4v) is 8.49. The zero-order valence-corrected chi connectivity index (χ0v) is 34.2. The third kappa shape index (κ3) is 10.7. The van der Waals surface area contributed by atoms with Crippen molar-refractivity contribution in [3.05, 3.63) is 132 Å². The van der Waals surface area contributed by atoms with Crippen LogP contribution in [0, 0.1) is 36.3 Å². The molecular formula is C40H40N6O15S. The molecule has 0 saturated carbocycles. The highest BCUT2D eigenvalue weighted by atomic mass is 32.2. The van der Waals surface area contributed by atoms with E-state index in [1.54, 1.807) is 13.0 Å². The molecule has 2 amide bonds. The van der Waals surface area contributed by atoms with E-state index < -0.39 is 68.3 Å². The van der Waals surface area contributed by atoms with Crippen LogP contribution >= 0.6 is 11.8 Å². The second-order valence-electron chi connectivity index (χ2n) is 14.4. The number of nitrogens with zero attached hydrogens (tertiary/aromatic N) is 6. The van der Waals surface area contributed by atoms with Gasteiger partial charge in [0.25, 0.3) is 17.1 Å². The van der Waals surface area contributed by atoms with Crippen molar-refractivity contribution in [1.29, 1.82) is 0 Å². The van der Waals surface area contributed by atoms with Crippen LogP contribution in [0.25, 0.3) is 0 Å². The second kappa shape index (κ2) is 19.6. The van der Waals surface area contributed by atoms with Crippen molar-refractivity contribution in [3.63, 3.8) is 0 Å². The topological polar surface area (TPSA) is 263 Å². The van der Waals surface area contributed by atoms with Crippen LogP contribution in [-0.2, 0) is 53.1 Å². The molecule has 3 aromatic rings. The Bertz CT molecular complexity index is 2270. The molecule has 3 aliphatic heterocycles. The number of nitro groups is 3. The van der Waals surface area contributed by atoms with Crippen LogP contribution in [0.2, 0.25) is 0 Å². The summed E-state index contributed by atoms with van der Waals surface area (Å²) in [4.78, 5) is 91.1. The maximum Gasteiger partial charge on any atom is 0.508 e. The van der Waals surface area contributed by atoms with Gasteiger partial charge in [0, 0.05) is 60.0 Å². The predicted octanol–water partition coefficient (Wildman–Crippen LogP) is 5.87. The fourth-order valence-electron chi connectivity index (χ4n) is 7.00. The molecular weight excluding hydrogens is 837 g/mol. The minimum Gasteiger partial charge on any atom is -0.456 e. The first-order valence-electron chi connectivity index (χ1n) is 19.1. The minimum atomic E-state index is -1.07. The van der Waals surface area contributed by atoms with Crippen LogP contribution in [0.3, 0.4) is 0 Å². The molecule has 326 valence electrons. The van der Waals surface area contributed by atoms with Crippen LogP contribution in [0.1, 0.15) is 37.5 Å². The van der Waals surface area contributed by atoms with E-state index in [0.717, 1.165) is 0 Å². The first kappa shape index (κ1) is 44.6. The molecule has 0 spiro atoms. The fraction of sp³-hybridized carbons (Fsp3) is 0.375. The molecule has 0 radical (unpaired) electrons. The van der Waals surface area contributed by atoms with E-state index in [0.29, 0.717) is 42.2 Å². The molecule has 3 aromatic carbocycles. The number of fused-ring (bicyclic) bond motifs is 1. The van der Waals surface area contributed by atoms with Gasteiger partial charge in [-0.3, -0.25) is 35.1 Å². The number of β-lactam (4-membered cyclic amide) rings is 1. The Morgan fingerprint density at radius 1 is 0.806 bits per heavy atom. The number of non-ortho nitro benzene ring substituents is 3. The van der Waals surface area contributed by atoms with E-state index in [1.165, 1.54) is 96.4 Å². The van der Waals surface area contributed by atoms with Gasteiger partial charge in [0.05, 0.1) is 39.4 Å². The predicted molar refractivity (Wildman–Crippen MR) is 217 cm³/mol. The molecule has 22 heteroatoms. The number of esters is 1. The largest absolute Gasteiger partial charge is 0.508 e. The van der Waals surface area contributed by atoms with Gasteiger partial charge in [-0.25, -0.2) is 14.4 Å². The number of nitro benzene ring substituents is 3. The lowest BCUT2D eigenvalue weighted by Gasteiger charge is -2.48. The van der Waals surface area contributed by atoms with E-state index in [2.05, 4.69) is 4.99 Å². The summed E-state index contributed by atoms with van der Waals surface area (Å²) < 4.78 is 27.7. The standard InChI is InChI=1S/C40H40N6O15S/c1-23(61-40(50)60-22-28-8-14-31(15-9-28)46(55)56)35-36-34(18-32(43(36)37(35)47)38(48)58-20-26-4-10-29(11-5-26)44(51)52)62-24(2)33-19-42(16-17-57-33)25(3)41-39(49)59-21-27-6-12-30(13-7-27)45(53)54/h4-15,18,23-24,33-36H,16-17,19-22H2,1-3H3/b41-25-/t23?,24?,33?,34?,35?,36-/m1/s1. The molecule has 5 unspecified atom stereocenters. The van der Waals surface area contributed by atoms with Crippen molar-refractivity contribution in [2.45, 2.75) is 69.3 Å². The van der Waals surface area contributed by atoms with Crippen LogP contribution in [0.4, 0.5) is 26.7 Å². The molecule has 6 atom stereocenters. The lowest BCUT2D eigenvalue weighted by Crippen LogP contribution is -2.65. The van der Waals surface area contributed by atoms with E-state index in [4.69, 9.17) is 23.7 Å². The number of rotatable bonds is 15. The number of carbonyl (C=O) groups is 4. The zero-order valence-electron chi connectivity index (χ0n) is 33.4. The summed E-state index contributed by atoms with van der Waals surface area (Å²) in [5.41, 5.74) is 1.13.